The summed E-state index contributed by atoms with van der Waals surface area (Å²) < 4.78 is 10.5. The summed E-state index contributed by atoms with van der Waals surface area (Å²) in [5.74, 6) is 0.257. The van der Waals surface area contributed by atoms with Gasteiger partial charge >= 0.3 is 0 Å². The lowest BCUT2D eigenvalue weighted by molar-refractivity contribution is 0.102. The van der Waals surface area contributed by atoms with Gasteiger partial charge in [-0.05, 0) is 41.6 Å². The van der Waals surface area contributed by atoms with Crippen LogP contribution in [0.4, 0.5) is 5.69 Å². The van der Waals surface area contributed by atoms with Crippen molar-refractivity contribution in [1.29, 1.82) is 0 Å². The van der Waals surface area contributed by atoms with E-state index in [1.54, 1.807) is 49.6 Å². The molecule has 2 N–H and O–H groups in total. The Morgan fingerprint density at radius 3 is 2.61 bits per heavy atom. The molecule has 116 valence electrons. The fourth-order valence-electron chi connectivity index (χ4n) is 2.18. The third-order valence-corrected chi connectivity index (χ3v) is 3.34. The van der Waals surface area contributed by atoms with Gasteiger partial charge in [-0.25, -0.2) is 0 Å². The molecular formula is C17H14N2O4. The number of ether oxygens (including phenoxy) is 1. The van der Waals surface area contributed by atoms with Crippen molar-refractivity contribution in [2.75, 3.05) is 12.4 Å². The van der Waals surface area contributed by atoms with Gasteiger partial charge < -0.3 is 19.7 Å². The fourth-order valence-corrected chi connectivity index (χ4v) is 2.18. The summed E-state index contributed by atoms with van der Waals surface area (Å²) >= 11 is 0. The average Bonchev–Trinajstić information content (AvgIpc) is 2.61. The van der Waals surface area contributed by atoms with Gasteiger partial charge in [0, 0.05) is 11.1 Å². The molecule has 0 saturated carbocycles. The standard InChI is InChI=1S/C17H14N2O4/c1-22-13-8-6-12(7-9-13)18-16(20)14-10-11-4-2-3-5-15(11)23-17(14)19-21/h2-10,21H,1H3,(H,18,20)/b19-17+. The number of hydrogen-bond donors (Lipinski definition) is 2. The van der Waals surface area contributed by atoms with Crippen LogP contribution in [0.5, 0.6) is 5.75 Å². The van der Waals surface area contributed by atoms with E-state index in [0.29, 0.717) is 17.0 Å². The number of para-hydroxylation sites is 1. The molecule has 1 aromatic heterocycles. The van der Waals surface area contributed by atoms with Gasteiger partial charge in [0.2, 0.25) is 0 Å². The Morgan fingerprint density at radius 1 is 1.17 bits per heavy atom. The normalized spacial score (nSPS) is 11.4. The maximum Gasteiger partial charge on any atom is 0.268 e. The van der Waals surface area contributed by atoms with E-state index in [2.05, 4.69) is 10.5 Å². The van der Waals surface area contributed by atoms with Crippen LogP contribution < -0.4 is 15.6 Å². The Balaban J connectivity index is 1.96. The van der Waals surface area contributed by atoms with Crippen molar-refractivity contribution >= 4 is 22.6 Å². The van der Waals surface area contributed by atoms with Crippen LogP contribution in [-0.2, 0) is 0 Å². The highest BCUT2D eigenvalue weighted by Crippen LogP contribution is 2.17. The predicted octanol–water partition coefficient (Wildman–Crippen LogP) is 2.98. The van der Waals surface area contributed by atoms with Gasteiger partial charge in [-0.1, -0.05) is 18.2 Å². The molecule has 6 heteroatoms. The number of benzene rings is 2. The number of hydrogen-bond acceptors (Lipinski definition) is 5. The smallest absolute Gasteiger partial charge is 0.268 e. The Kier molecular flexibility index (Phi) is 3.97. The summed E-state index contributed by atoms with van der Waals surface area (Å²) in [4.78, 5) is 12.4. The van der Waals surface area contributed by atoms with Crippen LogP contribution in [0.25, 0.3) is 11.0 Å². The average molecular weight is 310 g/mol. The number of carbonyl (C=O) groups is 1. The molecule has 0 unspecified atom stereocenters. The van der Waals surface area contributed by atoms with Crippen LogP contribution in [0.2, 0.25) is 0 Å². The van der Waals surface area contributed by atoms with Crippen LogP contribution in [0.1, 0.15) is 10.4 Å². The number of carbonyl (C=O) groups excluding carboxylic acids is 1. The highest BCUT2D eigenvalue weighted by molar-refractivity contribution is 6.05. The van der Waals surface area contributed by atoms with Gasteiger partial charge in [-0.3, -0.25) is 4.79 Å². The second-order valence-corrected chi connectivity index (χ2v) is 4.79. The van der Waals surface area contributed by atoms with E-state index in [0.717, 1.165) is 5.39 Å². The molecule has 3 rings (SSSR count). The number of amides is 1. The quantitative estimate of drug-likeness (QED) is 0.575. The molecule has 1 amide bonds. The monoisotopic (exact) mass is 310 g/mol. The Hall–Kier alpha value is -3.28. The lowest BCUT2D eigenvalue weighted by Gasteiger charge is -2.07. The number of fused-ring (bicyclic) bond motifs is 1. The van der Waals surface area contributed by atoms with E-state index >= 15 is 0 Å². The molecule has 0 aliphatic heterocycles. The maximum absolute atomic E-state index is 12.4. The molecule has 3 aromatic rings. The number of anilines is 1. The molecule has 0 aliphatic carbocycles. The van der Waals surface area contributed by atoms with Crippen LogP contribution in [0.15, 0.2) is 64.2 Å². The van der Waals surface area contributed by atoms with Crippen molar-refractivity contribution in [3.05, 3.63) is 65.7 Å². The lowest BCUT2D eigenvalue weighted by atomic mass is 10.1. The Labute approximate surface area is 131 Å². The zero-order valence-electron chi connectivity index (χ0n) is 12.3. The third-order valence-electron chi connectivity index (χ3n) is 3.34. The highest BCUT2D eigenvalue weighted by Gasteiger charge is 2.13. The van der Waals surface area contributed by atoms with Gasteiger partial charge in [-0.2, -0.15) is 0 Å². The van der Waals surface area contributed by atoms with Crippen molar-refractivity contribution in [2.45, 2.75) is 0 Å². The molecule has 6 nitrogen and oxygen atoms in total. The summed E-state index contributed by atoms with van der Waals surface area (Å²) in [6, 6.07) is 15.7. The largest absolute Gasteiger partial charge is 0.497 e. The van der Waals surface area contributed by atoms with E-state index in [4.69, 9.17) is 14.4 Å². The summed E-state index contributed by atoms with van der Waals surface area (Å²) in [5, 5.41) is 15.6. The minimum atomic E-state index is -0.433. The number of methoxy groups -OCH3 is 1. The molecule has 0 fully saturated rings. The van der Waals surface area contributed by atoms with Gasteiger partial charge in [0.15, 0.2) is 0 Å². The highest BCUT2D eigenvalue weighted by atomic mass is 16.5. The predicted molar refractivity (Wildman–Crippen MR) is 84.5 cm³/mol. The SMILES string of the molecule is COc1ccc(NC(=O)c2cc3ccccc3o/c2=N/O)cc1. The molecule has 0 spiro atoms. The maximum atomic E-state index is 12.4. The minimum absolute atomic E-state index is 0.141. The first-order chi connectivity index (χ1) is 11.2. The first-order valence-electron chi connectivity index (χ1n) is 6.87. The zero-order chi connectivity index (χ0) is 16.2. The molecule has 1 heterocycles. The molecule has 0 aliphatic rings. The van der Waals surface area contributed by atoms with E-state index in [1.807, 2.05) is 12.1 Å². The van der Waals surface area contributed by atoms with Crippen molar-refractivity contribution in [3.8, 4) is 5.75 Å². The van der Waals surface area contributed by atoms with Crippen LogP contribution in [-0.4, -0.2) is 18.2 Å². The number of nitrogens with zero attached hydrogens (tertiary/aromatic N) is 1. The number of rotatable bonds is 3. The minimum Gasteiger partial charge on any atom is -0.497 e. The van der Waals surface area contributed by atoms with Crippen molar-refractivity contribution in [2.24, 2.45) is 5.16 Å². The van der Waals surface area contributed by atoms with E-state index in [-0.39, 0.29) is 11.1 Å². The van der Waals surface area contributed by atoms with Crippen molar-refractivity contribution in [3.63, 3.8) is 0 Å². The molecule has 0 saturated heterocycles. The second-order valence-electron chi connectivity index (χ2n) is 4.79. The van der Waals surface area contributed by atoms with E-state index in [1.165, 1.54) is 0 Å². The number of nitrogens with one attached hydrogen (secondary N) is 1. The third kappa shape index (κ3) is 3.01. The van der Waals surface area contributed by atoms with Gasteiger partial charge in [-0.15, -0.1) is 0 Å². The molecule has 0 radical (unpaired) electrons. The molecule has 0 bridgehead atoms. The van der Waals surface area contributed by atoms with Crippen LogP contribution in [0, 0.1) is 0 Å². The molecule has 2 aromatic carbocycles. The van der Waals surface area contributed by atoms with Crippen molar-refractivity contribution in [1.82, 2.24) is 0 Å². The Bertz CT molecular complexity index is 914. The summed E-state index contributed by atoms with van der Waals surface area (Å²) in [6.45, 7) is 0. The first kappa shape index (κ1) is 14.6. The summed E-state index contributed by atoms with van der Waals surface area (Å²) in [7, 11) is 1.57. The second kappa shape index (κ2) is 6.23. The molecular weight excluding hydrogens is 296 g/mol. The molecule has 23 heavy (non-hydrogen) atoms. The lowest BCUT2D eigenvalue weighted by Crippen LogP contribution is -2.21. The topological polar surface area (TPSA) is 84.1 Å². The van der Waals surface area contributed by atoms with Crippen LogP contribution in [0.3, 0.4) is 0 Å². The summed E-state index contributed by atoms with van der Waals surface area (Å²) in [5.41, 5.74) is 1.12. The van der Waals surface area contributed by atoms with Gasteiger partial charge in [0.1, 0.15) is 16.9 Å². The van der Waals surface area contributed by atoms with Gasteiger partial charge in [0.25, 0.3) is 11.5 Å². The first-order valence-corrected chi connectivity index (χ1v) is 6.87. The van der Waals surface area contributed by atoms with E-state index < -0.39 is 5.91 Å². The zero-order valence-corrected chi connectivity index (χ0v) is 12.3. The Morgan fingerprint density at radius 2 is 1.91 bits per heavy atom. The van der Waals surface area contributed by atoms with E-state index in [9.17, 15) is 4.79 Å². The van der Waals surface area contributed by atoms with Gasteiger partial charge in [0.05, 0.1) is 7.11 Å². The fraction of sp³-hybridized carbons (Fsp3) is 0.0588. The van der Waals surface area contributed by atoms with Crippen molar-refractivity contribution < 1.29 is 19.2 Å². The van der Waals surface area contributed by atoms with Crippen LogP contribution >= 0.6 is 0 Å². The summed E-state index contributed by atoms with van der Waals surface area (Å²) in [6.07, 6.45) is 0. The molecule has 0 atom stereocenters.